The largest absolute Gasteiger partial charge is 0.300 e. The molecule has 0 aliphatic heterocycles. The SMILES string of the molecule is [B][C@@H]1C(=O)CC[C@]2(C)C(=O)CC[C@@H]12. The maximum Gasteiger partial charge on any atom is 0.139 e. The fourth-order valence-electron chi connectivity index (χ4n) is 2.77. The summed E-state index contributed by atoms with van der Waals surface area (Å²) in [5, 5.41) is 0. The lowest BCUT2D eigenvalue weighted by Gasteiger charge is -2.38. The van der Waals surface area contributed by atoms with Crippen LogP contribution in [-0.4, -0.2) is 19.4 Å². The van der Waals surface area contributed by atoms with Gasteiger partial charge in [0.1, 0.15) is 11.6 Å². The molecule has 2 aliphatic rings. The van der Waals surface area contributed by atoms with Gasteiger partial charge in [0.25, 0.3) is 0 Å². The summed E-state index contributed by atoms with van der Waals surface area (Å²) in [6.45, 7) is 1.97. The average Bonchev–Trinajstić information content (AvgIpc) is 2.39. The maximum absolute atomic E-state index is 11.6. The van der Waals surface area contributed by atoms with Gasteiger partial charge < -0.3 is 4.79 Å². The molecule has 2 rings (SSSR count). The molecule has 2 radical (unpaired) electrons. The van der Waals surface area contributed by atoms with E-state index in [1.165, 1.54) is 0 Å². The summed E-state index contributed by atoms with van der Waals surface area (Å²) < 4.78 is 0. The number of ketones is 2. The number of carbonyl (C=O) groups is 2. The summed E-state index contributed by atoms with van der Waals surface area (Å²) in [5.74, 6) is 0.170. The minimum absolute atomic E-state index is 0.112. The fourth-order valence-corrected chi connectivity index (χ4v) is 2.77. The molecule has 0 spiro atoms. The first kappa shape index (κ1) is 8.98. The van der Waals surface area contributed by atoms with Crippen LogP contribution in [0.5, 0.6) is 0 Å². The van der Waals surface area contributed by atoms with Gasteiger partial charge in [0, 0.05) is 18.3 Å². The highest BCUT2D eigenvalue weighted by molar-refractivity contribution is 6.25. The highest BCUT2D eigenvalue weighted by atomic mass is 16.1. The Balaban J connectivity index is 2.31. The zero-order chi connectivity index (χ0) is 9.64. The molecule has 68 valence electrons. The van der Waals surface area contributed by atoms with Crippen molar-refractivity contribution >= 4 is 19.4 Å². The Morgan fingerprint density at radius 2 is 2.08 bits per heavy atom. The summed E-state index contributed by atoms with van der Waals surface area (Å²) in [6.07, 6.45) is 2.62. The lowest BCUT2D eigenvalue weighted by molar-refractivity contribution is -0.131. The van der Waals surface area contributed by atoms with Crippen LogP contribution in [0.25, 0.3) is 0 Å². The quantitative estimate of drug-likeness (QED) is 0.521. The molecule has 3 atom stereocenters. The van der Waals surface area contributed by atoms with Crippen molar-refractivity contribution in [2.75, 3.05) is 0 Å². The standard InChI is InChI=1S/C10H13BO2/c1-10-5-4-7(12)9(11)6(10)2-3-8(10)13/h6,9H,2-5H2,1H3/t6-,9-,10-/m0/s1. The molecule has 0 heterocycles. The normalized spacial score (nSPS) is 45.0. The third-order valence-electron chi connectivity index (χ3n) is 3.83. The van der Waals surface area contributed by atoms with Crippen molar-refractivity contribution in [1.82, 2.24) is 0 Å². The Hall–Kier alpha value is -0.595. The number of Topliss-reactive ketones (excluding diaryl/α,β-unsaturated/α-hetero) is 2. The van der Waals surface area contributed by atoms with Gasteiger partial charge in [0.15, 0.2) is 0 Å². The molecule has 0 unspecified atom stereocenters. The number of hydrogen-bond acceptors (Lipinski definition) is 2. The van der Waals surface area contributed by atoms with Crippen LogP contribution in [0.4, 0.5) is 0 Å². The zero-order valence-electron chi connectivity index (χ0n) is 7.88. The van der Waals surface area contributed by atoms with E-state index < -0.39 is 0 Å². The molecule has 2 saturated carbocycles. The van der Waals surface area contributed by atoms with Gasteiger partial charge in [-0.1, -0.05) is 6.92 Å². The Labute approximate surface area is 79.5 Å². The first-order chi connectivity index (χ1) is 6.05. The first-order valence-corrected chi connectivity index (χ1v) is 4.87. The van der Waals surface area contributed by atoms with E-state index in [1.807, 2.05) is 6.92 Å². The molecule has 2 fully saturated rings. The summed E-state index contributed by atoms with van der Waals surface area (Å²) in [7, 11) is 5.81. The van der Waals surface area contributed by atoms with E-state index in [9.17, 15) is 9.59 Å². The van der Waals surface area contributed by atoms with Crippen LogP contribution in [0.2, 0.25) is 5.82 Å². The third-order valence-corrected chi connectivity index (χ3v) is 3.83. The van der Waals surface area contributed by atoms with Crippen LogP contribution in [0.1, 0.15) is 32.6 Å². The van der Waals surface area contributed by atoms with Crippen molar-refractivity contribution in [2.24, 2.45) is 11.3 Å². The molecule has 0 aromatic heterocycles. The van der Waals surface area contributed by atoms with E-state index in [2.05, 4.69) is 0 Å². The van der Waals surface area contributed by atoms with E-state index in [-0.39, 0.29) is 22.9 Å². The van der Waals surface area contributed by atoms with E-state index in [4.69, 9.17) is 7.85 Å². The second-order valence-corrected chi connectivity index (χ2v) is 4.48. The van der Waals surface area contributed by atoms with Crippen LogP contribution in [-0.2, 0) is 9.59 Å². The number of carbonyl (C=O) groups excluding carboxylic acids is 2. The molecule has 0 saturated heterocycles. The zero-order valence-corrected chi connectivity index (χ0v) is 7.88. The summed E-state index contributed by atoms with van der Waals surface area (Å²) in [4.78, 5) is 23.0. The van der Waals surface area contributed by atoms with Crippen molar-refractivity contribution < 1.29 is 9.59 Å². The van der Waals surface area contributed by atoms with Gasteiger partial charge in [0.2, 0.25) is 0 Å². The predicted octanol–water partition coefficient (Wildman–Crippen LogP) is 1.29. The number of rotatable bonds is 0. The topological polar surface area (TPSA) is 34.1 Å². The lowest BCUT2D eigenvalue weighted by Crippen LogP contribution is -2.39. The van der Waals surface area contributed by atoms with Gasteiger partial charge in [-0.15, -0.1) is 0 Å². The summed E-state index contributed by atoms with van der Waals surface area (Å²) in [6, 6.07) is 0. The number of fused-ring (bicyclic) bond motifs is 1. The average molecular weight is 176 g/mol. The molecule has 2 nitrogen and oxygen atoms in total. The predicted molar refractivity (Wildman–Crippen MR) is 49.6 cm³/mol. The van der Waals surface area contributed by atoms with Gasteiger partial charge in [-0.25, -0.2) is 0 Å². The highest BCUT2D eigenvalue weighted by Crippen LogP contribution is 2.52. The Kier molecular flexibility index (Phi) is 1.86. The van der Waals surface area contributed by atoms with E-state index in [1.54, 1.807) is 0 Å². The van der Waals surface area contributed by atoms with Crippen LogP contribution >= 0.6 is 0 Å². The molecule has 0 N–H and O–H groups in total. The maximum atomic E-state index is 11.6. The van der Waals surface area contributed by atoms with Crippen molar-refractivity contribution in [3.63, 3.8) is 0 Å². The third kappa shape index (κ3) is 1.09. The van der Waals surface area contributed by atoms with Crippen molar-refractivity contribution in [3.8, 4) is 0 Å². The van der Waals surface area contributed by atoms with E-state index in [0.717, 1.165) is 6.42 Å². The Bertz CT molecular complexity index is 274. The van der Waals surface area contributed by atoms with Gasteiger partial charge in [-0.05, 0) is 24.6 Å². The second kappa shape index (κ2) is 2.69. The number of hydrogen-bond donors (Lipinski definition) is 0. The minimum atomic E-state index is -0.384. The van der Waals surface area contributed by atoms with Crippen LogP contribution in [0, 0.1) is 11.3 Å². The first-order valence-electron chi connectivity index (χ1n) is 4.87. The molecule has 0 bridgehead atoms. The lowest BCUT2D eigenvalue weighted by atomic mass is 9.57. The van der Waals surface area contributed by atoms with Crippen LogP contribution in [0.3, 0.4) is 0 Å². The smallest absolute Gasteiger partial charge is 0.139 e. The molecule has 0 aromatic rings. The minimum Gasteiger partial charge on any atom is -0.300 e. The molecule has 0 amide bonds. The van der Waals surface area contributed by atoms with Crippen molar-refractivity contribution in [2.45, 2.75) is 38.4 Å². The van der Waals surface area contributed by atoms with Crippen molar-refractivity contribution in [3.05, 3.63) is 0 Å². The van der Waals surface area contributed by atoms with Gasteiger partial charge in [-0.3, -0.25) is 4.79 Å². The monoisotopic (exact) mass is 176 g/mol. The van der Waals surface area contributed by atoms with Crippen molar-refractivity contribution in [1.29, 1.82) is 0 Å². The van der Waals surface area contributed by atoms with Gasteiger partial charge in [-0.2, -0.15) is 0 Å². The van der Waals surface area contributed by atoms with E-state index >= 15 is 0 Å². The molecule has 0 aromatic carbocycles. The molecular weight excluding hydrogens is 163 g/mol. The van der Waals surface area contributed by atoms with Crippen LogP contribution < -0.4 is 0 Å². The van der Waals surface area contributed by atoms with E-state index in [0.29, 0.717) is 25.0 Å². The summed E-state index contributed by atoms with van der Waals surface area (Å²) >= 11 is 0. The molecule has 3 heteroatoms. The Morgan fingerprint density at radius 3 is 2.77 bits per heavy atom. The summed E-state index contributed by atoms with van der Waals surface area (Å²) in [5.41, 5.74) is -0.284. The van der Waals surface area contributed by atoms with Gasteiger partial charge in [0.05, 0.1) is 7.85 Å². The Morgan fingerprint density at radius 1 is 1.38 bits per heavy atom. The fraction of sp³-hybridized carbons (Fsp3) is 0.800. The molecular formula is C10H13BO2. The second-order valence-electron chi connectivity index (χ2n) is 4.48. The van der Waals surface area contributed by atoms with Crippen LogP contribution in [0.15, 0.2) is 0 Å². The molecule has 2 aliphatic carbocycles. The highest BCUT2D eigenvalue weighted by Gasteiger charge is 2.51. The van der Waals surface area contributed by atoms with Gasteiger partial charge >= 0.3 is 0 Å². The molecule has 13 heavy (non-hydrogen) atoms.